The van der Waals surface area contributed by atoms with Crippen LogP contribution in [-0.4, -0.2) is 10.9 Å². The topological polar surface area (TPSA) is 42.0 Å². The van der Waals surface area contributed by atoms with E-state index in [1.807, 2.05) is 56.3 Å². The van der Waals surface area contributed by atoms with Crippen molar-refractivity contribution in [2.75, 3.05) is 5.32 Å². The van der Waals surface area contributed by atoms with Crippen LogP contribution in [0.5, 0.6) is 0 Å². The van der Waals surface area contributed by atoms with E-state index in [4.69, 9.17) is 4.98 Å². The molecule has 3 aromatic carbocycles. The summed E-state index contributed by atoms with van der Waals surface area (Å²) in [5.74, 6) is -0.126. The quantitative estimate of drug-likeness (QED) is 0.447. The molecule has 0 saturated heterocycles. The van der Waals surface area contributed by atoms with E-state index in [2.05, 4.69) is 43.4 Å². The van der Waals surface area contributed by atoms with Crippen molar-refractivity contribution in [2.45, 2.75) is 27.7 Å². The summed E-state index contributed by atoms with van der Waals surface area (Å²) in [7, 11) is 0. The first-order chi connectivity index (χ1) is 13.9. The number of aromatic nitrogens is 1. The smallest absolute Gasteiger partial charge is 0.256 e. The standard InChI is InChI=1S/C26H24N2O/c1-16-11-17(2)13-21(12-16)27-26(29)23-15-25(20-10-9-18(3)19(4)14-20)28-24-8-6-5-7-22(23)24/h5-15H,1-4H3,(H,27,29). The Kier molecular flexibility index (Phi) is 4.89. The molecule has 0 fully saturated rings. The molecule has 4 rings (SSSR count). The molecule has 0 radical (unpaired) electrons. The Morgan fingerprint density at radius 3 is 2.24 bits per heavy atom. The summed E-state index contributed by atoms with van der Waals surface area (Å²) in [6.45, 7) is 8.24. The predicted octanol–water partition coefficient (Wildman–Crippen LogP) is 6.39. The number of para-hydroxylation sites is 1. The molecular weight excluding hydrogens is 356 g/mol. The minimum atomic E-state index is -0.126. The SMILES string of the molecule is Cc1cc(C)cc(NC(=O)c2cc(-c3ccc(C)c(C)c3)nc3ccccc23)c1. The Labute approximate surface area is 171 Å². The van der Waals surface area contributed by atoms with Gasteiger partial charge in [0.1, 0.15) is 0 Å². The lowest BCUT2D eigenvalue weighted by Crippen LogP contribution is -2.13. The van der Waals surface area contributed by atoms with Crippen LogP contribution in [-0.2, 0) is 0 Å². The highest BCUT2D eigenvalue weighted by molar-refractivity contribution is 6.13. The zero-order valence-electron chi connectivity index (χ0n) is 17.2. The average Bonchev–Trinajstić information content (AvgIpc) is 2.68. The van der Waals surface area contributed by atoms with Gasteiger partial charge in [-0.2, -0.15) is 0 Å². The van der Waals surface area contributed by atoms with E-state index in [-0.39, 0.29) is 5.91 Å². The molecule has 3 heteroatoms. The van der Waals surface area contributed by atoms with E-state index < -0.39 is 0 Å². The summed E-state index contributed by atoms with van der Waals surface area (Å²) in [5, 5.41) is 3.91. The largest absolute Gasteiger partial charge is 0.322 e. The summed E-state index contributed by atoms with van der Waals surface area (Å²) in [5.41, 5.74) is 8.75. The Morgan fingerprint density at radius 1 is 0.793 bits per heavy atom. The Balaban J connectivity index is 1.81. The lowest BCUT2D eigenvalue weighted by molar-refractivity contribution is 0.102. The van der Waals surface area contributed by atoms with Gasteiger partial charge in [-0.05, 0) is 80.3 Å². The molecule has 29 heavy (non-hydrogen) atoms. The van der Waals surface area contributed by atoms with Crippen molar-refractivity contribution in [2.24, 2.45) is 0 Å². The molecule has 0 unspecified atom stereocenters. The third-order valence-electron chi connectivity index (χ3n) is 5.24. The Bertz CT molecular complexity index is 1220. The van der Waals surface area contributed by atoms with E-state index in [0.717, 1.165) is 39.0 Å². The van der Waals surface area contributed by atoms with Crippen molar-refractivity contribution in [1.82, 2.24) is 4.98 Å². The van der Waals surface area contributed by atoms with Crippen LogP contribution in [0.4, 0.5) is 5.69 Å². The van der Waals surface area contributed by atoms with Crippen molar-refractivity contribution < 1.29 is 4.79 Å². The molecule has 1 N–H and O–H groups in total. The van der Waals surface area contributed by atoms with Crippen molar-refractivity contribution in [3.63, 3.8) is 0 Å². The number of rotatable bonds is 3. The van der Waals surface area contributed by atoms with Crippen LogP contribution in [0.15, 0.2) is 66.7 Å². The first-order valence-corrected chi connectivity index (χ1v) is 9.78. The second-order valence-corrected chi connectivity index (χ2v) is 7.70. The Morgan fingerprint density at radius 2 is 1.52 bits per heavy atom. The number of nitrogens with zero attached hydrogens (tertiary/aromatic N) is 1. The van der Waals surface area contributed by atoms with Gasteiger partial charge in [0, 0.05) is 16.6 Å². The van der Waals surface area contributed by atoms with Gasteiger partial charge in [0.2, 0.25) is 0 Å². The predicted molar refractivity (Wildman–Crippen MR) is 121 cm³/mol. The van der Waals surface area contributed by atoms with Crippen LogP contribution in [0, 0.1) is 27.7 Å². The van der Waals surface area contributed by atoms with Gasteiger partial charge < -0.3 is 5.32 Å². The number of hydrogen-bond donors (Lipinski definition) is 1. The summed E-state index contributed by atoms with van der Waals surface area (Å²) in [4.78, 5) is 18.0. The first kappa shape index (κ1) is 18.9. The zero-order chi connectivity index (χ0) is 20.5. The number of nitrogens with one attached hydrogen (secondary N) is 1. The van der Waals surface area contributed by atoms with Crippen LogP contribution >= 0.6 is 0 Å². The van der Waals surface area contributed by atoms with Gasteiger partial charge in [0.05, 0.1) is 16.8 Å². The maximum absolute atomic E-state index is 13.2. The second kappa shape index (κ2) is 7.51. The third kappa shape index (κ3) is 3.90. The number of pyridine rings is 1. The molecule has 0 saturated carbocycles. The van der Waals surface area contributed by atoms with Gasteiger partial charge >= 0.3 is 0 Å². The number of anilines is 1. The molecule has 0 spiro atoms. The molecule has 0 atom stereocenters. The van der Waals surface area contributed by atoms with Gasteiger partial charge in [-0.15, -0.1) is 0 Å². The highest BCUT2D eigenvalue weighted by atomic mass is 16.1. The molecule has 1 amide bonds. The van der Waals surface area contributed by atoms with E-state index in [1.165, 1.54) is 11.1 Å². The molecule has 144 valence electrons. The lowest BCUT2D eigenvalue weighted by atomic mass is 10.0. The minimum absolute atomic E-state index is 0.126. The molecule has 1 heterocycles. The normalized spacial score (nSPS) is 10.9. The van der Waals surface area contributed by atoms with Crippen molar-refractivity contribution >= 4 is 22.5 Å². The molecule has 0 aliphatic carbocycles. The number of carbonyl (C=O) groups is 1. The zero-order valence-corrected chi connectivity index (χ0v) is 17.2. The fourth-order valence-electron chi connectivity index (χ4n) is 3.66. The molecule has 0 bridgehead atoms. The molecule has 0 aliphatic rings. The molecule has 4 aromatic rings. The van der Waals surface area contributed by atoms with E-state index in [1.54, 1.807) is 0 Å². The summed E-state index contributed by atoms with van der Waals surface area (Å²) in [6, 6.07) is 22.0. The lowest BCUT2D eigenvalue weighted by Gasteiger charge is -2.12. The number of carbonyl (C=O) groups excluding carboxylic acids is 1. The van der Waals surface area contributed by atoms with Crippen molar-refractivity contribution in [3.05, 3.63) is 94.5 Å². The monoisotopic (exact) mass is 380 g/mol. The van der Waals surface area contributed by atoms with Gasteiger partial charge in [-0.1, -0.05) is 36.4 Å². The van der Waals surface area contributed by atoms with Gasteiger partial charge in [-0.3, -0.25) is 4.79 Å². The van der Waals surface area contributed by atoms with Crippen LogP contribution in [0.1, 0.15) is 32.6 Å². The van der Waals surface area contributed by atoms with Crippen LogP contribution in [0.3, 0.4) is 0 Å². The fraction of sp³-hybridized carbons (Fsp3) is 0.154. The molecule has 0 aliphatic heterocycles. The van der Waals surface area contributed by atoms with E-state index >= 15 is 0 Å². The Hall–Kier alpha value is -3.46. The number of benzene rings is 3. The highest BCUT2D eigenvalue weighted by Crippen LogP contribution is 2.27. The summed E-state index contributed by atoms with van der Waals surface area (Å²) in [6.07, 6.45) is 0. The van der Waals surface area contributed by atoms with Crippen LogP contribution in [0.2, 0.25) is 0 Å². The van der Waals surface area contributed by atoms with Gasteiger partial charge in [0.25, 0.3) is 5.91 Å². The number of hydrogen-bond acceptors (Lipinski definition) is 2. The molecule has 1 aromatic heterocycles. The number of amides is 1. The average molecular weight is 380 g/mol. The minimum Gasteiger partial charge on any atom is -0.322 e. The maximum Gasteiger partial charge on any atom is 0.256 e. The van der Waals surface area contributed by atoms with Crippen molar-refractivity contribution in [1.29, 1.82) is 0 Å². The van der Waals surface area contributed by atoms with Gasteiger partial charge in [0.15, 0.2) is 0 Å². The molecule has 3 nitrogen and oxygen atoms in total. The van der Waals surface area contributed by atoms with Crippen LogP contribution < -0.4 is 5.32 Å². The highest BCUT2D eigenvalue weighted by Gasteiger charge is 2.15. The van der Waals surface area contributed by atoms with Crippen LogP contribution in [0.25, 0.3) is 22.2 Å². The fourth-order valence-corrected chi connectivity index (χ4v) is 3.66. The van der Waals surface area contributed by atoms with Gasteiger partial charge in [-0.25, -0.2) is 4.98 Å². The number of aryl methyl sites for hydroxylation is 4. The first-order valence-electron chi connectivity index (χ1n) is 9.78. The van der Waals surface area contributed by atoms with E-state index in [0.29, 0.717) is 5.56 Å². The van der Waals surface area contributed by atoms with E-state index in [9.17, 15) is 4.79 Å². The second-order valence-electron chi connectivity index (χ2n) is 7.70. The third-order valence-corrected chi connectivity index (χ3v) is 5.24. The molecular formula is C26H24N2O. The van der Waals surface area contributed by atoms with Crippen molar-refractivity contribution in [3.8, 4) is 11.3 Å². The summed E-state index contributed by atoms with van der Waals surface area (Å²) >= 11 is 0. The maximum atomic E-state index is 13.2. The summed E-state index contributed by atoms with van der Waals surface area (Å²) < 4.78 is 0. The number of fused-ring (bicyclic) bond motifs is 1.